The molecular weight excluding hydrogens is 492 g/mol. The van der Waals surface area contributed by atoms with E-state index >= 15 is 0 Å². The zero-order chi connectivity index (χ0) is 24.8. The van der Waals surface area contributed by atoms with Crippen LogP contribution >= 0.6 is 22.9 Å². The van der Waals surface area contributed by atoms with Gasteiger partial charge in [0, 0.05) is 10.6 Å². The van der Waals surface area contributed by atoms with E-state index in [-0.39, 0.29) is 11.6 Å². The molecule has 36 heavy (non-hydrogen) atoms. The molecule has 0 atom stereocenters. The zero-order valence-electron chi connectivity index (χ0n) is 19.1. The molecule has 10 heteroatoms. The van der Waals surface area contributed by atoms with Crippen molar-refractivity contribution in [2.24, 2.45) is 10.2 Å². The number of rotatable bonds is 4. The number of halogens is 1. The summed E-state index contributed by atoms with van der Waals surface area (Å²) in [5.74, 6) is 0.479. The molecule has 0 spiro atoms. The van der Waals surface area contributed by atoms with Gasteiger partial charge in [0.25, 0.3) is 0 Å². The van der Waals surface area contributed by atoms with Crippen LogP contribution in [0.3, 0.4) is 0 Å². The summed E-state index contributed by atoms with van der Waals surface area (Å²) in [4.78, 5) is 9.48. The number of hydrogen-bond donors (Lipinski definition) is 2. The van der Waals surface area contributed by atoms with Crippen LogP contribution in [0.2, 0.25) is 5.02 Å². The summed E-state index contributed by atoms with van der Waals surface area (Å²) in [6.07, 6.45) is 0. The topological polar surface area (TPSA) is 120 Å². The summed E-state index contributed by atoms with van der Waals surface area (Å²) in [5, 5.41) is 14.7. The van der Waals surface area contributed by atoms with Gasteiger partial charge >= 0.3 is 0 Å². The Kier molecular flexibility index (Phi) is 5.36. The van der Waals surface area contributed by atoms with Gasteiger partial charge in [-0.25, -0.2) is 14.5 Å². The first-order chi connectivity index (χ1) is 17.5. The fourth-order valence-corrected chi connectivity index (χ4v) is 5.10. The molecule has 0 aliphatic carbocycles. The number of anilines is 2. The molecule has 6 aromatic rings. The second-order valence-corrected chi connectivity index (χ2v) is 9.69. The van der Waals surface area contributed by atoms with Crippen molar-refractivity contribution in [3.05, 3.63) is 83.4 Å². The summed E-state index contributed by atoms with van der Waals surface area (Å²) in [6, 6.07) is 23.0. The van der Waals surface area contributed by atoms with Crippen molar-refractivity contribution >= 4 is 61.8 Å². The summed E-state index contributed by atoms with van der Waals surface area (Å²) in [7, 11) is 0. The minimum absolute atomic E-state index is 0.189. The predicted octanol–water partition coefficient (Wildman–Crippen LogP) is 7.21. The standard InChI is InChI=1S/C26H19ClN8S/c1-14-6-12-17(13-7-14)32-33-21-24(29)34-35-22(15-8-10-16(27)11-9-15)20(23(28)31-25(21)35)26-30-18-4-2-3-5-19(18)36-26/h2-13H,1H3,(H2,28,31)(H2,29,34). The van der Waals surface area contributed by atoms with Crippen molar-refractivity contribution in [1.29, 1.82) is 0 Å². The highest BCUT2D eigenvalue weighted by Gasteiger charge is 2.24. The van der Waals surface area contributed by atoms with Crippen LogP contribution in [0.5, 0.6) is 0 Å². The molecule has 4 N–H and O–H groups in total. The van der Waals surface area contributed by atoms with Crippen LogP contribution in [0.1, 0.15) is 5.56 Å². The van der Waals surface area contributed by atoms with Gasteiger partial charge in [-0.1, -0.05) is 53.6 Å². The highest BCUT2D eigenvalue weighted by molar-refractivity contribution is 7.21. The number of nitrogen functional groups attached to an aromatic ring is 2. The van der Waals surface area contributed by atoms with Crippen molar-refractivity contribution in [3.63, 3.8) is 0 Å². The smallest absolute Gasteiger partial charge is 0.187 e. The van der Waals surface area contributed by atoms with Crippen LogP contribution in [0.4, 0.5) is 23.0 Å². The molecule has 0 amide bonds. The van der Waals surface area contributed by atoms with E-state index in [2.05, 4.69) is 20.3 Å². The lowest BCUT2D eigenvalue weighted by Gasteiger charge is -2.12. The minimum atomic E-state index is 0.189. The van der Waals surface area contributed by atoms with E-state index in [9.17, 15) is 0 Å². The van der Waals surface area contributed by atoms with Gasteiger partial charge in [-0.15, -0.1) is 21.5 Å². The fourth-order valence-electron chi connectivity index (χ4n) is 3.95. The number of azo groups is 1. The maximum absolute atomic E-state index is 6.59. The Hall–Kier alpha value is -4.34. The third-order valence-corrected chi connectivity index (χ3v) is 7.02. The Morgan fingerprint density at radius 2 is 1.61 bits per heavy atom. The molecule has 6 rings (SSSR count). The molecule has 176 valence electrons. The van der Waals surface area contributed by atoms with Gasteiger partial charge in [0.2, 0.25) is 0 Å². The molecular formula is C26H19ClN8S. The highest BCUT2D eigenvalue weighted by atomic mass is 35.5. The molecule has 3 aromatic heterocycles. The SMILES string of the molecule is Cc1ccc(N=Nc2c(N)nn3c(-c4ccc(Cl)cc4)c(-c4nc5ccccc5s4)c(N)nc23)cc1. The Bertz CT molecular complexity index is 1740. The summed E-state index contributed by atoms with van der Waals surface area (Å²) >= 11 is 7.71. The van der Waals surface area contributed by atoms with E-state index in [0.717, 1.165) is 26.4 Å². The van der Waals surface area contributed by atoms with Gasteiger partial charge < -0.3 is 11.5 Å². The van der Waals surface area contributed by atoms with Crippen LogP contribution in [-0.4, -0.2) is 19.6 Å². The molecule has 8 nitrogen and oxygen atoms in total. The zero-order valence-corrected chi connectivity index (χ0v) is 20.6. The van der Waals surface area contributed by atoms with Crippen LogP contribution in [0.25, 0.3) is 37.7 Å². The molecule has 0 saturated heterocycles. The summed E-state index contributed by atoms with van der Waals surface area (Å²) in [6.45, 7) is 2.01. The molecule has 3 heterocycles. The summed E-state index contributed by atoms with van der Waals surface area (Å²) < 4.78 is 2.70. The molecule has 0 radical (unpaired) electrons. The van der Waals surface area contributed by atoms with Crippen molar-refractivity contribution in [2.75, 3.05) is 11.5 Å². The van der Waals surface area contributed by atoms with E-state index in [1.54, 1.807) is 4.52 Å². The summed E-state index contributed by atoms with van der Waals surface area (Å²) in [5.41, 5.74) is 18.5. The van der Waals surface area contributed by atoms with Gasteiger partial charge in [-0.2, -0.15) is 5.11 Å². The molecule has 0 unspecified atom stereocenters. The number of thiazole rings is 1. The van der Waals surface area contributed by atoms with Gasteiger partial charge in [-0.05, 0) is 43.3 Å². The Labute approximate surface area is 214 Å². The average Bonchev–Trinajstić information content (AvgIpc) is 3.43. The third-order valence-electron chi connectivity index (χ3n) is 5.72. The number of nitrogens with zero attached hydrogens (tertiary/aromatic N) is 6. The highest BCUT2D eigenvalue weighted by Crippen LogP contribution is 2.42. The van der Waals surface area contributed by atoms with E-state index in [4.69, 9.17) is 28.1 Å². The Morgan fingerprint density at radius 1 is 0.861 bits per heavy atom. The molecule has 3 aromatic carbocycles. The number of hydrogen-bond acceptors (Lipinski definition) is 8. The van der Waals surface area contributed by atoms with Crippen LogP contribution < -0.4 is 11.5 Å². The molecule has 0 bridgehead atoms. The lowest BCUT2D eigenvalue weighted by atomic mass is 10.1. The maximum Gasteiger partial charge on any atom is 0.187 e. The Balaban J connectivity index is 1.61. The predicted molar refractivity (Wildman–Crippen MR) is 146 cm³/mol. The van der Waals surface area contributed by atoms with Crippen molar-refractivity contribution in [1.82, 2.24) is 19.6 Å². The van der Waals surface area contributed by atoms with E-state index in [1.807, 2.05) is 79.7 Å². The largest absolute Gasteiger partial charge is 0.383 e. The quantitative estimate of drug-likeness (QED) is 0.243. The first kappa shape index (κ1) is 22.1. The Morgan fingerprint density at radius 3 is 2.36 bits per heavy atom. The molecule has 0 aliphatic rings. The first-order valence-electron chi connectivity index (χ1n) is 11.1. The molecule has 0 aliphatic heterocycles. The number of para-hydroxylation sites is 1. The van der Waals surface area contributed by atoms with E-state index in [1.165, 1.54) is 11.3 Å². The fraction of sp³-hybridized carbons (Fsp3) is 0.0385. The van der Waals surface area contributed by atoms with Gasteiger partial charge in [0.1, 0.15) is 10.8 Å². The second-order valence-electron chi connectivity index (χ2n) is 8.22. The van der Waals surface area contributed by atoms with Crippen molar-refractivity contribution in [2.45, 2.75) is 6.92 Å². The van der Waals surface area contributed by atoms with Gasteiger partial charge in [0.15, 0.2) is 17.2 Å². The van der Waals surface area contributed by atoms with Crippen molar-refractivity contribution < 1.29 is 0 Å². The number of nitrogens with two attached hydrogens (primary N) is 2. The van der Waals surface area contributed by atoms with E-state index in [0.29, 0.717) is 33.3 Å². The maximum atomic E-state index is 6.59. The number of aromatic nitrogens is 4. The minimum Gasteiger partial charge on any atom is -0.383 e. The first-order valence-corrected chi connectivity index (χ1v) is 12.3. The van der Waals surface area contributed by atoms with Crippen LogP contribution in [-0.2, 0) is 0 Å². The average molecular weight is 511 g/mol. The number of aryl methyl sites for hydroxylation is 1. The second kappa shape index (κ2) is 8.71. The van der Waals surface area contributed by atoms with Crippen molar-refractivity contribution in [3.8, 4) is 21.8 Å². The normalized spacial score (nSPS) is 11.7. The van der Waals surface area contributed by atoms with Crippen LogP contribution in [0.15, 0.2) is 83.0 Å². The van der Waals surface area contributed by atoms with E-state index < -0.39 is 0 Å². The van der Waals surface area contributed by atoms with Crippen LogP contribution in [0, 0.1) is 6.92 Å². The number of benzene rings is 3. The lowest BCUT2D eigenvalue weighted by Crippen LogP contribution is -2.05. The molecule has 0 fully saturated rings. The lowest BCUT2D eigenvalue weighted by molar-refractivity contribution is 0.957. The third kappa shape index (κ3) is 3.84. The molecule has 0 saturated carbocycles. The van der Waals surface area contributed by atoms with Gasteiger partial charge in [0.05, 0.1) is 27.2 Å². The monoisotopic (exact) mass is 510 g/mol. The number of fused-ring (bicyclic) bond motifs is 2. The van der Waals surface area contributed by atoms with Gasteiger partial charge in [-0.3, -0.25) is 0 Å².